The van der Waals surface area contributed by atoms with Crippen molar-refractivity contribution in [2.75, 3.05) is 40.0 Å². The van der Waals surface area contributed by atoms with Crippen LogP contribution in [0, 0.1) is 11.3 Å². The number of nitrogens with zero attached hydrogens (tertiary/aromatic N) is 2. The highest BCUT2D eigenvalue weighted by Gasteiger charge is 2.59. The molecule has 2 saturated heterocycles. The molecule has 0 unspecified atom stereocenters. The number of hydrogen-bond acceptors (Lipinski definition) is 6. The first-order valence-electron chi connectivity index (χ1n) is 15.6. The number of fused-ring (bicyclic) bond motifs is 2. The van der Waals surface area contributed by atoms with Gasteiger partial charge in [0.15, 0.2) is 0 Å². The molecule has 2 aromatic carbocycles. The zero-order valence-electron chi connectivity index (χ0n) is 25.6. The number of halogens is 3. The Morgan fingerprint density at radius 3 is 2.61 bits per heavy atom. The number of carbonyl (C=O) groups excluding carboxylic acids is 2. The third-order valence-electron chi connectivity index (χ3n) is 10.1. The Hall–Kier alpha value is -3.74. The molecule has 1 aliphatic carbocycles. The number of alkyl halides is 3. The fraction of sp³-hybridized carbons (Fsp3) is 0.500. The Morgan fingerprint density at radius 1 is 1.11 bits per heavy atom. The molecule has 3 aliphatic heterocycles. The normalized spacial score (nSPS) is 27.9. The molecule has 2 N–H and O–H groups in total. The van der Waals surface area contributed by atoms with Crippen molar-refractivity contribution in [2.24, 2.45) is 11.3 Å². The molecule has 246 valence electrons. The zero-order chi connectivity index (χ0) is 32.6. The smallest absolute Gasteiger partial charge is 0.416 e. The summed E-state index contributed by atoms with van der Waals surface area (Å²) in [7, 11) is 1.65. The first-order valence-corrected chi connectivity index (χ1v) is 15.6. The van der Waals surface area contributed by atoms with Gasteiger partial charge in [-0.25, -0.2) is 4.79 Å². The molecule has 46 heavy (non-hydrogen) atoms. The maximum absolute atomic E-state index is 14.5. The first-order chi connectivity index (χ1) is 22.0. The minimum atomic E-state index is -4.47. The summed E-state index contributed by atoms with van der Waals surface area (Å²) in [5, 5.41) is 12.8. The van der Waals surface area contributed by atoms with Gasteiger partial charge in [-0.2, -0.15) is 13.2 Å². The zero-order valence-corrected chi connectivity index (χ0v) is 25.6. The summed E-state index contributed by atoms with van der Waals surface area (Å²) in [5.74, 6) is -1.54. The van der Waals surface area contributed by atoms with Gasteiger partial charge in [-0.15, -0.1) is 0 Å². The largest absolute Gasteiger partial charge is 0.478 e. The molecule has 5 atom stereocenters. The topological polar surface area (TPSA) is 108 Å². The van der Waals surface area contributed by atoms with Gasteiger partial charge in [0.2, 0.25) is 11.8 Å². The van der Waals surface area contributed by atoms with Gasteiger partial charge < -0.3 is 29.7 Å². The van der Waals surface area contributed by atoms with E-state index in [9.17, 15) is 27.6 Å². The van der Waals surface area contributed by atoms with Crippen molar-refractivity contribution in [3.8, 4) is 0 Å². The molecule has 6 rings (SSSR count). The number of carboxylic acid groups (broad SMARTS) is 1. The fourth-order valence-electron chi connectivity index (χ4n) is 7.67. The van der Waals surface area contributed by atoms with Crippen LogP contribution in [0.5, 0.6) is 0 Å². The molecule has 2 aromatic rings. The van der Waals surface area contributed by atoms with Gasteiger partial charge >= 0.3 is 12.1 Å². The molecule has 0 spiro atoms. The van der Waals surface area contributed by atoms with Crippen LogP contribution in [0.1, 0.15) is 51.9 Å². The molecule has 2 amide bonds. The second-order valence-corrected chi connectivity index (χ2v) is 12.8. The second-order valence-electron chi connectivity index (χ2n) is 12.8. The fourth-order valence-corrected chi connectivity index (χ4v) is 7.67. The van der Waals surface area contributed by atoms with Crippen molar-refractivity contribution in [2.45, 2.75) is 56.6 Å². The Kier molecular flexibility index (Phi) is 8.97. The average Bonchev–Trinajstić information content (AvgIpc) is 3.58. The summed E-state index contributed by atoms with van der Waals surface area (Å²) >= 11 is 0. The van der Waals surface area contributed by atoms with E-state index in [0.29, 0.717) is 56.7 Å². The summed E-state index contributed by atoms with van der Waals surface area (Å²) in [6.07, 6.45) is 0.877. The molecular formula is C34H38F3N3O6. The van der Waals surface area contributed by atoms with E-state index in [4.69, 9.17) is 14.6 Å². The number of carbonyl (C=O) groups is 3. The lowest BCUT2D eigenvalue weighted by Gasteiger charge is -2.38. The summed E-state index contributed by atoms with van der Waals surface area (Å²) < 4.78 is 51.7. The van der Waals surface area contributed by atoms with E-state index >= 15 is 0 Å². The lowest BCUT2D eigenvalue weighted by atomic mass is 9.78. The molecule has 9 nitrogen and oxygen atoms in total. The van der Waals surface area contributed by atoms with Crippen LogP contribution in [-0.4, -0.2) is 90.8 Å². The predicted octanol–water partition coefficient (Wildman–Crippen LogP) is 4.00. The highest BCUT2D eigenvalue weighted by molar-refractivity contribution is 5.94. The van der Waals surface area contributed by atoms with Crippen molar-refractivity contribution in [1.29, 1.82) is 0 Å². The lowest BCUT2D eigenvalue weighted by Crippen LogP contribution is -2.52. The minimum Gasteiger partial charge on any atom is -0.478 e. The van der Waals surface area contributed by atoms with Gasteiger partial charge in [0.05, 0.1) is 29.3 Å². The number of carboxylic acids is 1. The van der Waals surface area contributed by atoms with Gasteiger partial charge in [0.25, 0.3) is 0 Å². The summed E-state index contributed by atoms with van der Waals surface area (Å²) in [6, 6.07) is 9.99. The molecule has 0 bridgehead atoms. The monoisotopic (exact) mass is 641 g/mol. The number of likely N-dealkylation sites (tertiary alicyclic amines) is 1. The summed E-state index contributed by atoms with van der Waals surface area (Å²) in [6.45, 7) is 2.18. The first kappa shape index (κ1) is 32.2. The quantitative estimate of drug-likeness (QED) is 0.440. The molecule has 1 saturated carbocycles. The predicted molar refractivity (Wildman–Crippen MR) is 162 cm³/mol. The van der Waals surface area contributed by atoms with Crippen molar-refractivity contribution < 1.29 is 42.1 Å². The van der Waals surface area contributed by atoms with Gasteiger partial charge in [-0.1, -0.05) is 18.2 Å². The number of amides is 2. The minimum absolute atomic E-state index is 0.00385. The average molecular weight is 642 g/mol. The van der Waals surface area contributed by atoms with E-state index in [-0.39, 0.29) is 54.6 Å². The number of rotatable bonds is 7. The van der Waals surface area contributed by atoms with E-state index in [1.54, 1.807) is 35.1 Å². The highest BCUT2D eigenvalue weighted by Crippen LogP contribution is 2.51. The number of ether oxygens (including phenoxy) is 2. The van der Waals surface area contributed by atoms with E-state index in [1.165, 1.54) is 24.3 Å². The van der Waals surface area contributed by atoms with Crippen molar-refractivity contribution >= 4 is 23.9 Å². The van der Waals surface area contributed by atoms with Crippen molar-refractivity contribution in [1.82, 2.24) is 15.1 Å². The van der Waals surface area contributed by atoms with Crippen LogP contribution in [0.4, 0.5) is 13.2 Å². The van der Waals surface area contributed by atoms with Crippen LogP contribution in [0.2, 0.25) is 0 Å². The maximum atomic E-state index is 14.5. The van der Waals surface area contributed by atoms with E-state index in [1.807, 2.05) is 0 Å². The second kappa shape index (κ2) is 12.8. The van der Waals surface area contributed by atoms with E-state index < -0.39 is 23.1 Å². The van der Waals surface area contributed by atoms with Crippen LogP contribution in [-0.2, 0) is 38.2 Å². The van der Waals surface area contributed by atoms with Crippen LogP contribution in [0.25, 0.3) is 6.08 Å². The Morgan fingerprint density at radius 2 is 1.89 bits per heavy atom. The van der Waals surface area contributed by atoms with Crippen LogP contribution in [0.15, 0.2) is 48.5 Å². The molecule has 0 aromatic heterocycles. The van der Waals surface area contributed by atoms with Crippen LogP contribution >= 0.6 is 0 Å². The third kappa shape index (κ3) is 6.43. The van der Waals surface area contributed by atoms with Gasteiger partial charge in [0.1, 0.15) is 0 Å². The number of nitrogens with one attached hydrogen (secondary N) is 1. The van der Waals surface area contributed by atoms with Crippen LogP contribution < -0.4 is 5.32 Å². The lowest BCUT2D eigenvalue weighted by molar-refractivity contribution is -0.144. The van der Waals surface area contributed by atoms with E-state index in [0.717, 1.165) is 24.1 Å². The van der Waals surface area contributed by atoms with Crippen molar-refractivity contribution in [3.05, 3.63) is 76.4 Å². The van der Waals surface area contributed by atoms with Gasteiger partial charge in [-0.05, 0) is 78.6 Å². The Bertz CT molecular complexity index is 1510. The molecule has 3 heterocycles. The van der Waals surface area contributed by atoms with Crippen LogP contribution in [0.3, 0.4) is 0 Å². The van der Waals surface area contributed by atoms with E-state index in [2.05, 4.69) is 5.32 Å². The molecule has 3 fully saturated rings. The molecule has 12 heteroatoms. The number of benzene rings is 2. The SMILES string of the molecule is CO[C@@H]1COCC[C@@H]1N[C@@H]1C[C@H]2CN(C(=O)/C=C/c3ccc(C(=O)O)cc3)C[C@@]2(C(=O)N2CCc3ccc(C(F)(F)F)cc3C2)C1. The van der Waals surface area contributed by atoms with Gasteiger partial charge in [-0.3, -0.25) is 9.59 Å². The van der Waals surface area contributed by atoms with Gasteiger partial charge in [0, 0.05) is 58.1 Å². The Labute approximate surface area is 265 Å². The summed E-state index contributed by atoms with van der Waals surface area (Å²) in [4.78, 5) is 42.4. The summed E-state index contributed by atoms with van der Waals surface area (Å²) in [5.41, 5.74) is 0.522. The molecule has 4 aliphatic rings. The number of methoxy groups -OCH3 is 1. The van der Waals surface area contributed by atoms with Crippen molar-refractivity contribution in [3.63, 3.8) is 0 Å². The molecule has 0 radical (unpaired) electrons. The standard InChI is InChI=1S/C34H38F3N3O6/c1-45-29-19-46-13-11-28(29)38-27-15-26-18-40(30(41)9-4-21-2-5-23(6-3-21)31(42)43)20-33(26,16-27)32(44)39-12-10-22-7-8-25(34(35,36)37)14-24(22)17-39/h2-9,14,26-29,38H,10-13,15-20H2,1H3,(H,42,43)/b9-4+/t26-,27+,28-,29+,33-/m0/s1. The number of aromatic carboxylic acids is 1. The third-order valence-corrected chi connectivity index (χ3v) is 10.1. The highest BCUT2D eigenvalue weighted by atomic mass is 19.4. The Balaban J connectivity index is 1.22. The number of hydrogen-bond donors (Lipinski definition) is 2. The maximum Gasteiger partial charge on any atom is 0.416 e. The molecular weight excluding hydrogens is 603 g/mol.